The van der Waals surface area contributed by atoms with E-state index in [-0.39, 0.29) is 17.4 Å². The van der Waals surface area contributed by atoms with Crippen LogP contribution >= 0.6 is 11.3 Å². The number of hydrogen-bond donors (Lipinski definition) is 2. The number of halogens is 3. The number of sulfone groups is 1. The molecule has 0 saturated carbocycles. The van der Waals surface area contributed by atoms with Gasteiger partial charge >= 0.3 is 11.2 Å². The van der Waals surface area contributed by atoms with Crippen molar-refractivity contribution in [2.45, 2.75) is 29.3 Å². The highest BCUT2D eigenvalue weighted by Crippen LogP contribution is 2.40. The van der Waals surface area contributed by atoms with Crippen molar-refractivity contribution in [3.05, 3.63) is 50.4 Å². The van der Waals surface area contributed by atoms with Crippen LogP contribution in [0, 0.1) is 10.1 Å². The van der Waals surface area contributed by atoms with Crippen LogP contribution < -0.4 is 5.32 Å². The zero-order chi connectivity index (χ0) is 22.6. The van der Waals surface area contributed by atoms with Crippen LogP contribution in [0.15, 0.2) is 29.2 Å². The van der Waals surface area contributed by atoms with E-state index in [1.165, 1.54) is 0 Å². The molecule has 1 unspecified atom stereocenters. The summed E-state index contributed by atoms with van der Waals surface area (Å²) in [6, 6.07) is 4.06. The molecule has 30 heavy (non-hydrogen) atoms. The summed E-state index contributed by atoms with van der Waals surface area (Å²) in [6.45, 7) is 0.198. The van der Waals surface area contributed by atoms with E-state index in [0.717, 1.165) is 24.3 Å². The fourth-order valence-corrected chi connectivity index (χ4v) is 5.33. The highest BCUT2D eigenvalue weighted by atomic mass is 32.2. The van der Waals surface area contributed by atoms with Crippen LogP contribution in [0.3, 0.4) is 0 Å². The van der Waals surface area contributed by atoms with E-state index in [9.17, 15) is 46.4 Å². The number of fused-ring (bicyclic) bond motifs is 2. The smallest absolute Gasteiger partial charge is 0.373 e. The molecule has 1 amide bonds. The van der Waals surface area contributed by atoms with Gasteiger partial charge in [0.05, 0.1) is 31.7 Å². The average Bonchev–Trinajstić information content (AvgIpc) is 3.00. The third-order valence-electron chi connectivity index (χ3n) is 4.36. The number of aliphatic hydroxyl groups is 1. The Bertz CT molecular complexity index is 1200. The van der Waals surface area contributed by atoms with Crippen molar-refractivity contribution in [1.29, 1.82) is 0 Å². The van der Waals surface area contributed by atoms with Gasteiger partial charge in [0.15, 0.2) is 9.84 Å². The summed E-state index contributed by atoms with van der Waals surface area (Å²) in [5, 5.41) is 21.8. The molecule has 2 aromatic rings. The molecule has 0 spiro atoms. The minimum atomic E-state index is -5.35. The number of rotatable bonds is 3. The van der Waals surface area contributed by atoms with Gasteiger partial charge in [-0.05, 0) is 24.6 Å². The van der Waals surface area contributed by atoms with Crippen LogP contribution in [0.4, 0.5) is 23.9 Å². The second-order valence-corrected chi connectivity index (χ2v) is 9.48. The Morgan fingerprint density at radius 2 is 1.97 bits per heavy atom. The number of anilines is 1. The minimum Gasteiger partial charge on any atom is -0.373 e. The lowest BCUT2D eigenvalue weighted by Gasteiger charge is -2.25. The number of nitrogens with zero attached hydrogens (tertiary/aromatic N) is 1. The molecular formula is C16H11F3N2O7S2. The maximum absolute atomic E-state index is 13.0. The molecule has 1 aromatic heterocycles. The minimum absolute atomic E-state index is 0.132. The lowest BCUT2D eigenvalue weighted by Crippen LogP contribution is -2.52. The first-order valence-corrected chi connectivity index (χ1v) is 10.4. The summed E-state index contributed by atoms with van der Waals surface area (Å²) >= 11 is 0.411. The standard InChI is InChI=1S/C16H11F3N2O7S2/c1-15(24,16(17,18)19)14(23)20-8-3-2-4-9-11(8)12(22)13-7(6-30(9,27)28)5-10(29-13)21(25)26/h2-5,24H,6H2,1H3,(H,20,23). The van der Waals surface area contributed by atoms with Gasteiger partial charge in [0.25, 0.3) is 5.91 Å². The lowest BCUT2D eigenvalue weighted by molar-refractivity contribution is -0.380. The van der Waals surface area contributed by atoms with Gasteiger partial charge in [0.1, 0.15) is 0 Å². The summed E-state index contributed by atoms with van der Waals surface area (Å²) in [5.41, 5.74) is -5.18. The largest absolute Gasteiger partial charge is 0.426 e. The molecule has 1 aromatic carbocycles. The number of hydrogen-bond acceptors (Lipinski definition) is 8. The number of nitrogens with one attached hydrogen (secondary N) is 1. The average molecular weight is 464 g/mol. The van der Waals surface area contributed by atoms with Crippen molar-refractivity contribution >= 4 is 43.6 Å². The van der Waals surface area contributed by atoms with Crippen molar-refractivity contribution in [1.82, 2.24) is 0 Å². The molecule has 0 saturated heterocycles. The monoisotopic (exact) mass is 464 g/mol. The summed E-state index contributed by atoms with van der Waals surface area (Å²) in [4.78, 5) is 34.4. The van der Waals surface area contributed by atoms with Gasteiger partial charge < -0.3 is 10.4 Å². The fourth-order valence-electron chi connectivity index (χ4n) is 2.70. The molecule has 2 N–H and O–H groups in total. The molecule has 0 aliphatic carbocycles. The third kappa shape index (κ3) is 3.46. The van der Waals surface area contributed by atoms with Crippen molar-refractivity contribution < 1.29 is 41.2 Å². The fraction of sp³-hybridized carbons (Fsp3) is 0.250. The quantitative estimate of drug-likeness (QED) is 0.524. The van der Waals surface area contributed by atoms with E-state index >= 15 is 0 Å². The number of carbonyl (C=O) groups excluding carboxylic acids is 2. The molecule has 2 heterocycles. The van der Waals surface area contributed by atoms with E-state index in [1.807, 2.05) is 0 Å². The molecule has 14 heteroatoms. The van der Waals surface area contributed by atoms with Gasteiger partial charge in [-0.15, -0.1) is 0 Å². The van der Waals surface area contributed by atoms with Crippen LogP contribution in [-0.4, -0.2) is 41.9 Å². The van der Waals surface area contributed by atoms with E-state index in [4.69, 9.17) is 0 Å². The predicted octanol–water partition coefficient (Wildman–Crippen LogP) is 2.43. The molecule has 0 bridgehead atoms. The summed E-state index contributed by atoms with van der Waals surface area (Å²) in [7, 11) is -4.23. The predicted molar refractivity (Wildman–Crippen MR) is 97.0 cm³/mol. The Hall–Kier alpha value is -2.84. The molecule has 1 aliphatic heterocycles. The molecule has 0 fully saturated rings. The number of alkyl halides is 3. The van der Waals surface area contributed by atoms with Crippen LogP contribution in [-0.2, 0) is 20.4 Å². The third-order valence-corrected chi connectivity index (χ3v) is 7.19. The Kier molecular flexibility index (Phi) is 4.99. The number of thiophene rings is 1. The van der Waals surface area contributed by atoms with Gasteiger partial charge in [-0.2, -0.15) is 13.2 Å². The molecule has 1 aliphatic rings. The summed E-state index contributed by atoms with van der Waals surface area (Å²) in [6.07, 6.45) is -5.35. The molecule has 160 valence electrons. The van der Waals surface area contributed by atoms with Gasteiger partial charge in [-0.1, -0.05) is 17.4 Å². The number of benzene rings is 1. The molecule has 0 radical (unpaired) electrons. The molecule has 9 nitrogen and oxygen atoms in total. The SMILES string of the molecule is CC(O)(C(=O)Nc1cccc2c1C(=O)c1sc([N+](=O)[O-])cc1CS2(=O)=O)C(F)(F)F. The van der Waals surface area contributed by atoms with Gasteiger partial charge in [0, 0.05) is 6.07 Å². The van der Waals surface area contributed by atoms with E-state index < -0.39 is 65.1 Å². The Morgan fingerprint density at radius 1 is 1.33 bits per heavy atom. The first-order chi connectivity index (χ1) is 13.7. The van der Waals surface area contributed by atoms with Crippen molar-refractivity contribution in [2.24, 2.45) is 0 Å². The second kappa shape index (κ2) is 6.85. The highest BCUT2D eigenvalue weighted by molar-refractivity contribution is 7.90. The van der Waals surface area contributed by atoms with E-state index in [2.05, 4.69) is 0 Å². The zero-order valence-corrected chi connectivity index (χ0v) is 16.4. The summed E-state index contributed by atoms with van der Waals surface area (Å²) in [5.74, 6) is -3.69. The normalized spacial score (nSPS) is 17.3. The first-order valence-electron chi connectivity index (χ1n) is 7.95. The van der Waals surface area contributed by atoms with Gasteiger partial charge in [0.2, 0.25) is 11.4 Å². The topological polar surface area (TPSA) is 144 Å². The Balaban J connectivity index is 2.18. The maximum Gasteiger partial charge on any atom is 0.426 e. The maximum atomic E-state index is 13.0. The Labute approximate surface area is 170 Å². The van der Waals surface area contributed by atoms with E-state index in [0.29, 0.717) is 11.3 Å². The number of ketones is 1. The van der Waals surface area contributed by atoms with Crippen molar-refractivity contribution in [3.63, 3.8) is 0 Å². The van der Waals surface area contributed by atoms with Crippen LogP contribution in [0.1, 0.15) is 27.7 Å². The van der Waals surface area contributed by atoms with Gasteiger partial charge in [-0.3, -0.25) is 19.7 Å². The van der Waals surface area contributed by atoms with Gasteiger partial charge in [-0.25, -0.2) is 8.42 Å². The van der Waals surface area contributed by atoms with Crippen molar-refractivity contribution in [2.75, 3.05) is 5.32 Å². The number of carbonyl (C=O) groups is 2. The molecular weight excluding hydrogens is 453 g/mol. The number of amides is 1. The number of nitro groups is 1. The molecule has 3 rings (SSSR count). The summed E-state index contributed by atoms with van der Waals surface area (Å²) < 4.78 is 64.2. The van der Waals surface area contributed by atoms with Crippen LogP contribution in [0.2, 0.25) is 0 Å². The second-order valence-electron chi connectivity index (χ2n) is 6.49. The van der Waals surface area contributed by atoms with Crippen LogP contribution in [0.5, 0.6) is 0 Å². The molecule has 1 atom stereocenters. The first kappa shape index (κ1) is 21.9. The highest BCUT2D eigenvalue weighted by Gasteiger charge is 2.56. The Morgan fingerprint density at radius 3 is 2.53 bits per heavy atom. The zero-order valence-electron chi connectivity index (χ0n) is 14.8. The van der Waals surface area contributed by atoms with E-state index in [1.54, 1.807) is 5.32 Å². The van der Waals surface area contributed by atoms with Crippen LogP contribution in [0.25, 0.3) is 0 Å². The van der Waals surface area contributed by atoms with Crippen molar-refractivity contribution in [3.8, 4) is 0 Å². The lowest BCUT2D eigenvalue weighted by atomic mass is 10.0.